The molecule has 0 radical (unpaired) electrons. The van der Waals surface area contributed by atoms with Gasteiger partial charge in [0, 0.05) is 18.7 Å². The van der Waals surface area contributed by atoms with Crippen LogP contribution in [0.2, 0.25) is 0 Å². The smallest absolute Gasteiger partial charge is 0.134 e. The lowest BCUT2D eigenvalue weighted by Gasteiger charge is -2.25. The Hall–Kier alpha value is -1.32. The maximum Gasteiger partial charge on any atom is 0.134 e. The highest BCUT2D eigenvalue weighted by Gasteiger charge is 2.18. The van der Waals surface area contributed by atoms with Crippen LogP contribution in [0.1, 0.15) is 57.9 Å². The zero-order valence-electron chi connectivity index (χ0n) is 12.4. The number of aromatic nitrogens is 2. The predicted molar refractivity (Wildman–Crippen MR) is 80.7 cm³/mol. The molecule has 2 N–H and O–H groups in total. The number of anilines is 2. The fraction of sp³-hybridized carbons (Fsp3) is 0.733. The van der Waals surface area contributed by atoms with E-state index in [-0.39, 0.29) is 0 Å². The first-order valence-corrected chi connectivity index (χ1v) is 7.55. The summed E-state index contributed by atoms with van der Waals surface area (Å²) in [7, 11) is 0. The topological polar surface area (TPSA) is 49.8 Å². The van der Waals surface area contributed by atoms with Crippen LogP contribution in [-0.4, -0.2) is 23.1 Å². The van der Waals surface area contributed by atoms with Gasteiger partial charge in [0.2, 0.25) is 0 Å². The van der Waals surface area contributed by atoms with Crippen molar-refractivity contribution in [2.75, 3.05) is 23.7 Å². The Kier molecular flexibility index (Phi) is 5.00. The average Bonchev–Trinajstić information content (AvgIpc) is 2.32. The highest BCUT2D eigenvalue weighted by molar-refractivity contribution is 5.58. The van der Waals surface area contributed by atoms with E-state index in [2.05, 4.69) is 41.4 Å². The Morgan fingerprint density at radius 1 is 1.21 bits per heavy atom. The first kappa shape index (κ1) is 14.1. The summed E-state index contributed by atoms with van der Waals surface area (Å²) < 4.78 is 0. The molecular formula is C15H26N4. The molecule has 0 unspecified atom stereocenters. The largest absolute Gasteiger partial charge is 0.370 e. The number of rotatable bonds is 7. The van der Waals surface area contributed by atoms with Crippen molar-refractivity contribution >= 4 is 11.6 Å². The molecule has 4 heteroatoms. The lowest BCUT2D eigenvalue weighted by Crippen LogP contribution is -2.17. The summed E-state index contributed by atoms with van der Waals surface area (Å²) in [5, 5.41) is 6.83. The van der Waals surface area contributed by atoms with Crippen molar-refractivity contribution in [1.82, 2.24) is 9.97 Å². The minimum absolute atomic E-state index is 0.418. The van der Waals surface area contributed by atoms with Crippen LogP contribution in [0.3, 0.4) is 0 Å². The Morgan fingerprint density at radius 2 is 1.89 bits per heavy atom. The van der Waals surface area contributed by atoms with Gasteiger partial charge >= 0.3 is 0 Å². The summed E-state index contributed by atoms with van der Waals surface area (Å²) in [5.74, 6) is 3.32. The zero-order chi connectivity index (χ0) is 13.7. The summed E-state index contributed by atoms with van der Waals surface area (Å²) >= 11 is 0. The monoisotopic (exact) mass is 262 g/mol. The van der Waals surface area contributed by atoms with E-state index in [4.69, 9.17) is 0 Å². The second-order valence-corrected chi connectivity index (χ2v) is 5.68. The van der Waals surface area contributed by atoms with Crippen LogP contribution in [0.25, 0.3) is 0 Å². The molecule has 4 nitrogen and oxygen atoms in total. The van der Waals surface area contributed by atoms with Gasteiger partial charge in [-0.3, -0.25) is 0 Å². The van der Waals surface area contributed by atoms with E-state index < -0.39 is 0 Å². The van der Waals surface area contributed by atoms with Crippen LogP contribution < -0.4 is 10.6 Å². The Labute approximate surface area is 116 Å². The fourth-order valence-electron chi connectivity index (χ4n) is 2.57. The highest BCUT2D eigenvalue weighted by Crippen LogP contribution is 2.31. The van der Waals surface area contributed by atoms with Crippen molar-refractivity contribution in [3.8, 4) is 0 Å². The molecule has 1 aromatic heterocycles. The molecule has 106 valence electrons. The third-order valence-electron chi connectivity index (χ3n) is 3.88. The number of nitrogens with zero attached hydrogens (tertiary/aromatic N) is 2. The van der Waals surface area contributed by atoms with Crippen LogP contribution in [0.4, 0.5) is 11.6 Å². The van der Waals surface area contributed by atoms with Gasteiger partial charge in [-0.2, -0.15) is 0 Å². The van der Waals surface area contributed by atoms with E-state index in [1.807, 2.05) is 0 Å². The van der Waals surface area contributed by atoms with Gasteiger partial charge in [-0.05, 0) is 25.2 Å². The Balaban J connectivity index is 2.02. The fourth-order valence-corrected chi connectivity index (χ4v) is 2.57. The Bertz CT molecular complexity index is 399. The van der Waals surface area contributed by atoms with Gasteiger partial charge in [0.1, 0.15) is 18.0 Å². The number of nitrogens with one attached hydrogen (secondary N) is 2. The lowest BCUT2D eigenvalue weighted by molar-refractivity contribution is 0.303. The van der Waals surface area contributed by atoms with Gasteiger partial charge < -0.3 is 10.6 Å². The molecule has 1 aromatic rings. The van der Waals surface area contributed by atoms with Gasteiger partial charge in [0.25, 0.3) is 0 Å². The van der Waals surface area contributed by atoms with Crippen molar-refractivity contribution in [3.05, 3.63) is 11.9 Å². The number of hydrogen-bond acceptors (Lipinski definition) is 4. The molecule has 0 aliphatic heterocycles. The molecule has 0 spiro atoms. The van der Waals surface area contributed by atoms with E-state index in [0.717, 1.165) is 30.6 Å². The van der Waals surface area contributed by atoms with Crippen molar-refractivity contribution in [2.24, 2.45) is 5.92 Å². The molecule has 2 rings (SSSR count). The Morgan fingerprint density at radius 3 is 2.42 bits per heavy atom. The van der Waals surface area contributed by atoms with Crippen molar-refractivity contribution in [1.29, 1.82) is 0 Å². The summed E-state index contributed by atoms with van der Waals surface area (Å²) in [6, 6.07) is 0. The van der Waals surface area contributed by atoms with Crippen LogP contribution in [0, 0.1) is 5.92 Å². The molecule has 1 fully saturated rings. The maximum atomic E-state index is 4.42. The molecule has 1 saturated carbocycles. The molecule has 1 aliphatic rings. The summed E-state index contributed by atoms with van der Waals surface area (Å²) in [6.07, 6.45) is 7.14. The van der Waals surface area contributed by atoms with Crippen molar-refractivity contribution in [3.63, 3.8) is 0 Å². The first-order valence-electron chi connectivity index (χ1n) is 7.55. The molecule has 0 bridgehead atoms. The minimum Gasteiger partial charge on any atom is -0.370 e. The molecule has 1 heterocycles. The van der Waals surface area contributed by atoms with E-state index in [1.54, 1.807) is 6.33 Å². The summed E-state index contributed by atoms with van der Waals surface area (Å²) in [5.41, 5.74) is 1.21. The van der Waals surface area contributed by atoms with Gasteiger partial charge in [-0.1, -0.05) is 33.1 Å². The van der Waals surface area contributed by atoms with Gasteiger partial charge in [-0.25, -0.2) is 9.97 Å². The normalized spacial score (nSPS) is 15.4. The summed E-state index contributed by atoms with van der Waals surface area (Å²) in [6.45, 7) is 8.38. The predicted octanol–water partition coefficient (Wildman–Crippen LogP) is 3.63. The zero-order valence-corrected chi connectivity index (χ0v) is 12.4. The van der Waals surface area contributed by atoms with E-state index in [0.29, 0.717) is 5.92 Å². The van der Waals surface area contributed by atoms with Crippen LogP contribution in [-0.2, 0) is 0 Å². The lowest BCUT2D eigenvalue weighted by atomic mass is 9.83. The van der Waals surface area contributed by atoms with Gasteiger partial charge in [-0.15, -0.1) is 0 Å². The van der Waals surface area contributed by atoms with Crippen LogP contribution >= 0.6 is 0 Å². The molecule has 19 heavy (non-hydrogen) atoms. The number of hydrogen-bond donors (Lipinski definition) is 2. The molecule has 0 atom stereocenters. The second kappa shape index (κ2) is 6.73. The quantitative estimate of drug-likeness (QED) is 0.787. The molecule has 0 aromatic carbocycles. The van der Waals surface area contributed by atoms with Crippen LogP contribution in [0.5, 0.6) is 0 Å². The first-order chi connectivity index (χ1) is 9.22. The minimum atomic E-state index is 0.418. The van der Waals surface area contributed by atoms with E-state index in [1.165, 1.54) is 31.2 Å². The van der Waals surface area contributed by atoms with E-state index >= 15 is 0 Å². The van der Waals surface area contributed by atoms with Crippen LogP contribution in [0.15, 0.2) is 6.33 Å². The SMILES string of the molecule is CCNc1ncnc(NCCC2CCC2)c1C(C)C. The third kappa shape index (κ3) is 3.58. The molecular weight excluding hydrogens is 236 g/mol. The molecule has 0 saturated heterocycles. The average molecular weight is 262 g/mol. The highest BCUT2D eigenvalue weighted by atomic mass is 15.1. The third-order valence-corrected chi connectivity index (χ3v) is 3.88. The second-order valence-electron chi connectivity index (χ2n) is 5.68. The molecule has 0 amide bonds. The van der Waals surface area contributed by atoms with Gasteiger partial charge in [0.15, 0.2) is 0 Å². The maximum absolute atomic E-state index is 4.42. The van der Waals surface area contributed by atoms with E-state index in [9.17, 15) is 0 Å². The standard InChI is InChI=1S/C15H26N4/c1-4-16-14-13(11(2)3)15(19-10-18-14)17-9-8-12-6-5-7-12/h10-12H,4-9H2,1-3H3,(H2,16,17,18,19). The van der Waals surface area contributed by atoms with Crippen molar-refractivity contribution in [2.45, 2.75) is 52.4 Å². The summed E-state index contributed by atoms with van der Waals surface area (Å²) in [4.78, 5) is 8.78. The van der Waals surface area contributed by atoms with Crippen molar-refractivity contribution < 1.29 is 0 Å². The molecule has 1 aliphatic carbocycles. The van der Waals surface area contributed by atoms with Gasteiger partial charge in [0.05, 0.1) is 0 Å².